The molecule has 3 nitrogen and oxygen atoms in total. The number of ether oxygens (including phenoxy) is 2. The minimum Gasteiger partial charge on any atom is -0.498 e. The molecule has 2 aliphatic carbocycles. The van der Waals surface area contributed by atoms with Crippen LogP contribution in [-0.2, 0) is 9.47 Å². The van der Waals surface area contributed by atoms with E-state index in [4.69, 9.17) is 9.47 Å². The Bertz CT molecular complexity index is 361. The van der Waals surface area contributed by atoms with E-state index in [0.29, 0.717) is 17.8 Å². The monoisotopic (exact) mass is 264 g/mol. The van der Waals surface area contributed by atoms with Gasteiger partial charge in [-0.3, -0.25) is 0 Å². The zero-order valence-electron chi connectivity index (χ0n) is 11.5. The molecule has 0 aromatic heterocycles. The van der Waals surface area contributed by atoms with Crippen molar-refractivity contribution in [1.29, 1.82) is 0 Å². The van der Waals surface area contributed by atoms with Crippen molar-refractivity contribution in [2.45, 2.75) is 25.7 Å². The third-order valence-corrected chi connectivity index (χ3v) is 4.87. The number of hydrogen-bond acceptors (Lipinski definition) is 3. The highest BCUT2D eigenvalue weighted by molar-refractivity contribution is 5.04. The van der Waals surface area contributed by atoms with E-state index < -0.39 is 0 Å². The second-order valence-corrected chi connectivity index (χ2v) is 6.12. The van der Waals surface area contributed by atoms with Gasteiger partial charge in [0.25, 0.3) is 0 Å². The second-order valence-electron chi connectivity index (χ2n) is 6.12. The van der Waals surface area contributed by atoms with Gasteiger partial charge in [-0.2, -0.15) is 0 Å². The first-order chi connectivity index (χ1) is 9.36. The van der Waals surface area contributed by atoms with E-state index in [1.807, 2.05) is 0 Å². The van der Waals surface area contributed by atoms with Crippen LogP contribution in [0.15, 0.2) is 24.0 Å². The summed E-state index contributed by atoms with van der Waals surface area (Å²) >= 11 is 0. The summed E-state index contributed by atoms with van der Waals surface area (Å²) in [5.74, 6) is 3.37. The van der Waals surface area contributed by atoms with Gasteiger partial charge in [0.15, 0.2) is 0 Å². The van der Waals surface area contributed by atoms with Crippen molar-refractivity contribution < 1.29 is 14.6 Å². The van der Waals surface area contributed by atoms with Crippen molar-refractivity contribution in [2.24, 2.45) is 23.7 Å². The van der Waals surface area contributed by atoms with E-state index in [9.17, 15) is 5.11 Å². The standard InChI is InChI=1S/C16H24O3/c17-8-12-3-1-2-4-13(12)11-19-16-6-5-14-9-18-10-15(14)7-16/h1-2,6,12-15,17H,3-5,7-11H2/t12-,13+,14-,15+/m0/s1. The molecule has 0 spiro atoms. The predicted molar refractivity (Wildman–Crippen MR) is 73.5 cm³/mol. The molecule has 0 saturated carbocycles. The number of rotatable bonds is 4. The summed E-state index contributed by atoms with van der Waals surface area (Å²) in [6.07, 6.45) is 10.8. The van der Waals surface area contributed by atoms with Crippen LogP contribution in [0.5, 0.6) is 0 Å². The van der Waals surface area contributed by atoms with Crippen LogP contribution < -0.4 is 0 Å². The van der Waals surface area contributed by atoms with Crippen LogP contribution in [0.1, 0.15) is 25.7 Å². The summed E-state index contributed by atoms with van der Waals surface area (Å²) in [6.45, 7) is 2.85. The molecule has 106 valence electrons. The first-order valence-corrected chi connectivity index (χ1v) is 7.52. The smallest absolute Gasteiger partial charge is 0.0924 e. The molecule has 0 aromatic carbocycles. The lowest BCUT2D eigenvalue weighted by Crippen LogP contribution is -2.25. The van der Waals surface area contributed by atoms with Crippen LogP contribution in [-0.4, -0.2) is 31.5 Å². The third kappa shape index (κ3) is 3.03. The van der Waals surface area contributed by atoms with Crippen LogP contribution in [0.3, 0.4) is 0 Å². The number of aliphatic hydroxyl groups is 1. The van der Waals surface area contributed by atoms with Crippen LogP contribution in [0.4, 0.5) is 0 Å². The predicted octanol–water partition coefficient (Wildman–Crippen LogP) is 2.52. The maximum Gasteiger partial charge on any atom is 0.0924 e. The Balaban J connectivity index is 1.50. The molecular weight excluding hydrogens is 240 g/mol. The second kappa shape index (κ2) is 6.10. The van der Waals surface area contributed by atoms with Crippen molar-refractivity contribution in [2.75, 3.05) is 26.4 Å². The maximum absolute atomic E-state index is 9.40. The van der Waals surface area contributed by atoms with Crippen LogP contribution in [0.25, 0.3) is 0 Å². The van der Waals surface area contributed by atoms with Gasteiger partial charge in [0.1, 0.15) is 0 Å². The van der Waals surface area contributed by atoms with Gasteiger partial charge >= 0.3 is 0 Å². The molecule has 0 bridgehead atoms. The van der Waals surface area contributed by atoms with Gasteiger partial charge < -0.3 is 14.6 Å². The Hall–Kier alpha value is -0.800. The molecule has 3 rings (SSSR count). The average molecular weight is 264 g/mol. The fourth-order valence-electron chi connectivity index (χ4n) is 3.44. The third-order valence-electron chi connectivity index (χ3n) is 4.87. The average Bonchev–Trinajstić information content (AvgIpc) is 2.93. The van der Waals surface area contributed by atoms with Crippen molar-refractivity contribution in [3.8, 4) is 0 Å². The minimum absolute atomic E-state index is 0.274. The van der Waals surface area contributed by atoms with Crippen molar-refractivity contribution in [3.63, 3.8) is 0 Å². The van der Waals surface area contributed by atoms with E-state index >= 15 is 0 Å². The fourth-order valence-corrected chi connectivity index (χ4v) is 3.44. The fraction of sp³-hybridized carbons (Fsp3) is 0.750. The van der Waals surface area contributed by atoms with E-state index in [1.165, 1.54) is 0 Å². The lowest BCUT2D eigenvalue weighted by atomic mass is 9.83. The number of hydrogen-bond donors (Lipinski definition) is 1. The molecule has 1 aliphatic heterocycles. The zero-order chi connectivity index (χ0) is 13.1. The summed E-state index contributed by atoms with van der Waals surface area (Å²) in [7, 11) is 0. The van der Waals surface area contributed by atoms with Gasteiger partial charge in [0, 0.05) is 18.9 Å². The Morgan fingerprint density at radius 1 is 1.11 bits per heavy atom. The molecule has 0 unspecified atom stereocenters. The van der Waals surface area contributed by atoms with Gasteiger partial charge in [-0.05, 0) is 43.1 Å². The molecule has 0 aromatic rings. The first-order valence-electron chi connectivity index (χ1n) is 7.52. The van der Waals surface area contributed by atoms with Gasteiger partial charge in [0.05, 0.1) is 25.6 Å². The van der Waals surface area contributed by atoms with Crippen LogP contribution in [0.2, 0.25) is 0 Å². The van der Waals surface area contributed by atoms with Gasteiger partial charge in [-0.15, -0.1) is 0 Å². The van der Waals surface area contributed by atoms with E-state index in [-0.39, 0.29) is 6.61 Å². The largest absolute Gasteiger partial charge is 0.498 e. The Morgan fingerprint density at radius 2 is 1.89 bits per heavy atom. The number of aliphatic hydroxyl groups excluding tert-OH is 1. The SMILES string of the molecule is OC[C@@H]1CC=CC[C@@H]1COC1=CC[C@H]2COC[C@H]2C1. The molecule has 4 atom stereocenters. The summed E-state index contributed by atoms with van der Waals surface area (Å²) < 4.78 is 11.6. The quantitative estimate of drug-likeness (QED) is 0.793. The molecule has 3 heteroatoms. The summed E-state index contributed by atoms with van der Waals surface area (Å²) in [6, 6.07) is 0. The summed E-state index contributed by atoms with van der Waals surface area (Å²) in [5.41, 5.74) is 0. The first kappa shape index (κ1) is 13.2. The maximum atomic E-state index is 9.40. The molecule has 1 fully saturated rings. The van der Waals surface area contributed by atoms with Crippen molar-refractivity contribution in [1.82, 2.24) is 0 Å². The van der Waals surface area contributed by atoms with E-state index in [0.717, 1.165) is 57.2 Å². The molecule has 19 heavy (non-hydrogen) atoms. The number of fused-ring (bicyclic) bond motifs is 1. The Labute approximate surface area is 115 Å². The highest BCUT2D eigenvalue weighted by Crippen LogP contribution is 2.35. The summed E-state index contributed by atoms with van der Waals surface area (Å²) in [5, 5.41) is 9.40. The van der Waals surface area contributed by atoms with E-state index in [1.54, 1.807) is 0 Å². The molecular formula is C16H24O3. The van der Waals surface area contributed by atoms with Crippen molar-refractivity contribution >= 4 is 0 Å². The highest BCUT2D eigenvalue weighted by Gasteiger charge is 2.32. The lowest BCUT2D eigenvalue weighted by molar-refractivity contribution is 0.0837. The highest BCUT2D eigenvalue weighted by atomic mass is 16.5. The topological polar surface area (TPSA) is 38.7 Å². The molecule has 0 amide bonds. The Kier molecular flexibility index (Phi) is 4.24. The summed E-state index contributed by atoms with van der Waals surface area (Å²) in [4.78, 5) is 0. The molecule has 1 N–H and O–H groups in total. The number of allylic oxidation sites excluding steroid dienone is 4. The van der Waals surface area contributed by atoms with Crippen molar-refractivity contribution in [3.05, 3.63) is 24.0 Å². The van der Waals surface area contributed by atoms with Crippen LogP contribution >= 0.6 is 0 Å². The van der Waals surface area contributed by atoms with Gasteiger partial charge in [-0.25, -0.2) is 0 Å². The minimum atomic E-state index is 0.274. The molecule has 1 heterocycles. The Morgan fingerprint density at radius 3 is 2.74 bits per heavy atom. The zero-order valence-corrected chi connectivity index (χ0v) is 11.5. The van der Waals surface area contributed by atoms with Crippen LogP contribution in [0, 0.1) is 23.7 Å². The molecule has 1 saturated heterocycles. The normalized spacial score (nSPS) is 37.8. The van der Waals surface area contributed by atoms with E-state index in [2.05, 4.69) is 18.2 Å². The molecule has 3 aliphatic rings. The lowest BCUT2D eigenvalue weighted by Gasteiger charge is -2.29. The van der Waals surface area contributed by atoms with Gasteiger partial charge in [-0.1, -0.05) is 12.2 Å². The molecule has 0 radical (unpaired) electrons. The van der Waals surface area contributed by atoms with Gasteiger partial charge in [0.2, 0.25) is 0 Å².